The monoisotopic (exact) mass is 339 g/mol. The number of aliphatic hydroxyl groups is 1. The van der Waals surface area contributed by atoms with Crippen molar-refractivity contribution >= 4 is 0 Å². The second-order valence-electron chi connectivity index (χ2n) is 7.33. The molecule has 4 rings (SSSR count). The number of methoxy groups -OCH3 is 1. The summed E-state index contributed by atoms with van der Waals surface area (Å²) in [5.41, 5.74) is 7.39. The summed E-state index contributed by atoms with van der Waals surface area (Å²) in [6.07, 6.45) is 1.83. The molecule has 0 aromatic heterocycles. The largest absolute Gasteiger partial charge is 0.504 e. The zero-order chi connectivity index (χ0) is 17.7. The molecule has 0 saturated carbocycles. The summed E-state index contributed by atoms with van der Waals surface area (Å²) in [6, 6.07) is 8.67. The van der Waals surface area contributed by atoms with Crippen LogP contribution in [0.15, 0.2) is 24.3 Å². The number of nitrogens with zero attached hydrogens (tertiary/aromatic N) is 1. The Bertz CT molecular complexity index is 830. The number of aromatic hydroxyl groups is 1. The first-order valence-electron chi connectivity index (χ1n) is 8.90. The minimum absolute atomic E-state index is 0.0750. The summed E-state index contributed by atoms with van der Waals surface area (Å²) in [4.78, 5) is 2.53. The van der Waals surface area contributed by atoms with Gasteiger partial charge >= 0.3 is 0 Å². The first kappa shape index (κ1) is 16.4. The third-order valence-corrected chi connectivity index (χ3v) is 5.95. The lowest BCUT2D eigenvalue weighted by molar-refractivity contribution is 0.104. The van der Waals surface area contributed by atoms with Gasteiger partial charge in [-0.15, -0.1) is 0 Å². The highest BCUT2D eigenvalue weighted by Crippen LogP contribution is 2.45. The van der Waals surface area contributed by atoms with E-state index in [0.717, 1.165) is 24.9 Å². The Morgan fingerprint density at radius 1 is 1.20 bits per heavy atom. The van der Waals surface area contributed by atoms with Crippen LogP contribution in [0.4, 0.5) is 0 Å². The van der Waals surface area contributed by atoms with Gasteiger partial charge in [0.2, 0.25) is 0 Å². The van der Waals surface area contributed by atoms with Crippen molar-refractivity contribution in [2.24, 2.45) is 0 Å². The van der Waals surface area contributed by atoms with E-state index < -0.39 is 0 Å². The molecule has 2 aliphatic heterocycles. The molecule has 0 amide bonds. The molecule has 0 unspecified atom stereocenters. The molecule has 2 heterocycles. The van der Waals surface area contributed by atoms with Gasteiger partial charge in [0.05, 0.1) is 13.7 Å². The van der Waals surface area contributed by atoms with E-state index in [-0.39, 0.29) is 18.4 Å². The standard InChI is InChI=1S/C21H25NO3/c1-12-4-5-14(11-23)16-8-19-17-9-20(24)21(25-3)7-15(17)6-13(2)22(19)10-18(12)16/h4-5,7,9,13,19,23-24H,6,8,10-11H2,1-3H3/t13-,19+/m1/s1. The summed E-state index contributed by atoms with van der Waals surface area (Å²) in [5, 5.41) is 20.0. The van der Waals surface area contributed by atoms with Crippen LogP contribution in [-0.2, 0) is 26.0 Å². The molecule has 2 aliphatic rings. The molecule has 4 heteroatoms. The van der Waals surface area contributed by atoms with Crippen molar-refractivity contribution in [1.82, 2.24) is 4.90 Å². The number of rotatable bonds is 2. The zero-order valence-electron chi connectivity index (χ0n) is 15.0. The Kier molecular flexibility index (Phi) is 3.97. The van der Waals surface area contributed by atoms with Crippen LogP contribution in [0.25, 0.3) is 0 Å². The fourth-order valence-corrected chi connectivity index (χ4v) is 4.55. The summed E-state index contributed by atoms with van der Waals surface area (Å²) in [6.45, 7) is 5.39. The van der Waals surface area contributed by atoms with Crippen LogP contribution in [0.2, 0.25) is 0 Å². The molecule has 132 valence electrons. The van der Waals surface area contributed by atoms with Gasteiger partial charge in [-0.3, -0.25) is 4.90 Å². The molecule has 2 aromatic rings. The first-order valence-corrected chi connectivity index (χ1v) is 8.90. The van der Waals surface area contributed by atoms with Gasteiger partial charge in [0, 0.05) is 18.6 Å². The zero-order valence-corrected chi connectivity index (χ0v) is 15.0. The Hall–Kier alpha value is -2.04. The van der Waals surface area contributed by atoms with E-state index in [4.69, 9.17) is 4.74 Å². The lowest BCUT2D eigenvalue weighted by Crippen LogP contribution is -2.45. The average Bonchev–Trinajstić information content (AvgIpc) is 2.61. The van der Waals surface area contributed by atoms with E-state index in [1.165, 1.54) is 27.8 Å². The topological polar surface area (TPSA) is 52.9 Å². The SMILES string of the molecule is COc1cc2c(cc1O)[C@@H]1Cc3c(CO)ccc(C)c3CN1[C@H](C)C2. The Morgan fingerprint density at radius 2 is 2.00 bits per heavy atom. The summed E-state index contributed by atoms with van der Waals surface area (Å²) >= 11 is 0. The smallest absolute Gasteiger partial charge is 0.160 e. The number of fused-ring (bicyclic) bond motifs is 4. The van der Waals surface area contributed by atoms with Gasteiger partial charge in [-0.2, -0.15) is 0 Å². The normalized spacial score (nSPS) is 22.1. The van der Waals surface area contributed by atoms with Crippen molar-refractivity contribution in [2.45, 2.75) is 51.9 Å². The molecule has 0 radical (unpaired) electrons. The third kappa shape index (κ3) is 2.52. The number of phenolic OH excluding ortho intramolecular Hbond substituents is 1. The van der Waals surface area contributed by atoms with Crippen LogP contribution in [-0.4, -0.2) is 28.3 Å². The second kappa shape index (κ2) is 6.04. The lowest BCUT2D eigenvalue weighted by Gasteiger charge is -2.46. The van der Waals surface area contributed by atoms with Gasteiger partial charge in [-0.25, -0.2) is 0 Å². The van der Waals surface area contributed by atoms with Crippen molar-refractivity contribution in [1.29, 1.82) is 0 Å². The molecule has 0 fully saturated rings. The van der Waals surface area contributed by atoms with E-state index >= 15 is 0 Å². The van der Waals surface area contributed by atoms with Gasteiger partial charge in [0.1, 0.15) is 0 Å². The highest BCUT2D eigenvalue weighted by Gasteiger charge is 2.37. The van der Waals surface area contributed by atoms with Gasteiger partial charge in [0.25, 0.3) is 0 Å². The minimum atomic E-state index is 0.0750. The summed E-state index contributed by atoms with van der Waals surface area (Å²) < 4.78 is 5.29. The highest BCUT2D eigenvalue weighted by molar-refractivity contribution is 5.51. The number of aryl methyl sites for hydroxylation is 1. The van der Waals surface area contributed by atoms with Crippen LogP contribution in [0.1, 0.15) is 46.3 Å². The predicted molar refractivity (Wildman–Crippen MR) is 96.9 cm³/mol. The molecule has 0 bridgehead atoms. The fourth-order valence-electron chi connectivity index (χ4n) is 4.55. The summed E-state index contributed by atoms with van der Waals surface area (Å²) in [7, 11) is 1.59. The van der Waals surface area contributed by atoms with Crippen molar-refractivity contribution in [3.05, 3.63) is 57.6 Å². The molecule has 2 aromatic carbocycles. The Balaban J connectivity index is 1.84. The van der Waals surface area contributed by atoms with Gasteiger partial charge in [-0.1, -0.05) is 12.1 Å². The van der Waals surface area contributed by atoms with Crippen molar-refractivity contribution in [2.75, 3.05) is 7.11 Å². The molecule has 0 saturated heterocycles. The number of hydrogen-bond acceptors (Lipinski definition) is 4. The number of hydrogen-bond donors (Lipinski definition) is 2. The van der Waals surface area contributed by atoms with Gasteiger partial charge in [-0.05, 0) is 72.2 Å². The van der Waals surface area contributed by atoms with Crippen LogP contribution in [0.5, 0.6) is 11.5 Å². The van der Waals surface area contributed by atoms with E-state index in [1.807, 2.05) is 18.2 Å². The van der Waals surface area contributed by atoms with Gasteiger partial charge in [0.15, 0.2) is 11.5 Å². The highest BCUT2D eigenvalue weighted by atomic mass is 16.5. The van der Waals surface area contributed by atoms with Crippen LogP contribution in [0, 0.1) is 6.92 Å². The molecular weight excluding hydrogens is 314 g/mol. The number of aliphatic hydroxyl groups excluding tert-OH is 1. The second-order valence-corrected chi connectivity index (χ2v) is 7.33. The lowest BCUT2D eigenvalue weighted by atomic mass is 9.79. The van der Waals surface area contributed by atoms with Gasteiger partial charge < -0.3 is 14.9 Å². The Labute approximate surface area is 148 Å². The minimum Gasteiger partial charge on any atom is -0.504 e. The quantitative estimate of drug-likeness (QED) is 0.882. The molecule has 2 N–H and O–H groups in total. The first-order chi connectivity index (χ1) is 12.0. The van der Waals surface area contributed by atoms with Crippen LogP contribution >= 0.6 is 0 Å². The molecule has 0 spiro atoms. The van der Waals surface area contributed by atoms with E-state index in [0.29, 0.717) is 11.8 Å². The molecule has 0 aliphatic carbocycles. The van der Waals surface area contributed by atoms with E-state index in [2.05, 4.69) is 24.8 Å². The van der Waals surface area contributed by atoms with Crippen LogP contribution < -0.4 is 4.74 Å². The molecular formula is C21H25NO3. The van der Waals surface area contributed by atoms with E-state index in [9.17, 15) is 10.2 Å². The molecule has 4 nitrogen and oxygen atoms in total. The van der Waals surface area contributed by atoms with Crippen molar-refractivity contribution < 1.29 is 14.9 Å². The van der Waals surface area contributed by atoms with Crippen molar-refractivity contribution in [3.63, 3.8) is 0 Å². The number of benzene rings is 2. The maximum Gasteiger partial charge on any atom is 0.160 e. The fraction of sp³-hybridized carbons (Fsp3) is 0.429. The third-order valence-electron chi connectivity index (χ3n) is 5.95. The van der Waals surface area contributed by atoms with Crippen LogP contribution in [0.3, 0.4) is 0 Å². The molecule has 25 heavy (non-hydrogen) atoms. The number of phenols is 1. The maximum absolute atomic E-state index is 10.3. The average molecular weight is 339 g/mol. The summed E-state index contributed by atoms with van der Waals surface area (Å²) in [5.74, 6) is 0.746. The Morgan fingerprint density at radius 3 is 2.72 bits per heavy atom. The molecule has 2 atom stereocenters. The number of ether oxygens (including phenoxy) is 1. The van der Waals surface area contributed by atoms with Crippen molar-refractivity contribution in [3.8, 4) is 11.5 Å². The van der Waals surface area contributed by atoms with E-state index in [1.54, 1.807) is 7.11 Å². The predicted octanol–water partition coefficient (Wildman–Crippen LogP) is 3.25. The maximum atomic E-state index is 10.3.